The molecular weight excluding hydrogens is 234 g/mol. The predicted octanol–water partition coefficient (Wildman–Crippen LogP) is 2.23. The summed E-state index contributed by atoms with van der Waals surface area (Å²) in [5, 5.41) is 3.51. The third kappa shape index (κ3) is 4.96. The van der Waals surface area contributed by atoms with Crippen molar-refractivity contribution in [1.29, 1.82) is 0 Å². The van der Waals surface area contributed by atoms with Crippen molar-refractivity contribution in [3.8, 4) is 0 Å². The zero-order chi connectivity index (χ0) is 12.9. The Morgan fingerprint density at radius 1 is 1.24 bits per heavy atom. The minimum absolute atomic E-state index is 0.279. The predicted molar refractivity (Wildman–Crippen MR) is 72.9 cm³/mol. The molecule has 0 bridgehead atoms. The van der Waals surface area contributed by atoms with Crippen LogP contribution in [0.4, 0.5) is 0 Å². The van der Waals surface area contributed by atoms with Crippen molar-refractivity contribution in [2.45, 2.75) is 52.5 Å². The van der Waals surface area contributed by atoms with E-state index < -0.39 is 9.84 Å². The van der Waals surface area contributed by atoms with E-state index >= 15 is 0 Å². The fourth-order valence-electron chi connectivity index (χ4n) is 2.82. The minimum atomic E-state index is -2.80. The van der Waals surface area contributed by atoms with Crippen LogP contribution in [-0.2, 0) is 9.84 Å². The van der Waals surface area contributed by atoms with Crippen molar-refractivity contribution in [3.05, 3.63) is 0 Å². The van der Waals surface area contributed by atoms with Crippen LogP contribution in [0.25, 0.3) is 0 Å². The summed E-state index contributed by atoms with van der Waals surface area (Å²) in [6, 6.07) is 0.531. The Labute approximate surface area is 106 Å². The summed E-state index contributed by atoms with van der Waals surface area (Å²) in [6.07, 6.45) is 4.48. The Morgan fingerprint density at radius 2 is 1.94 bits per heavy atom. The van der Waals surface area contributed by atoms with Gasteiger partial charge in [-0.05, 0) is 44.1 Å². The lowest BCUT2D eigenvalue weighted by molar-refractivity contribution is 0.211. The second-order valence-electron chi connectivity index (χ2n) is 5.37. The molecule has 1 aliphatic carbocycles. The summed E-state index contributed by atoms with van der Waals surface area (Å²) in [6.45, 7) is 7.12. The molecule has 1 N–H and O–H groups in total. The van der Waals surface area contributed by atoms with Crippen molar-refractivity contribution in [2.24, 2.45) is 11.8 Å². The maximum atomic E-state index is 11.6. The first-order valence-electron chi connectivity index (χ1n) is 6.92. The first-order chi connectivity index (χ1) is 7.98. The van der Waals surface area contributed by atoms with Crippen molar-refractivity contribution in [3.63, 3.8) is 0 Å². The topological polar surface area (TPSA) is 46.2 Å². The molecule has 0 heterocycles. The van der Waals surface area contributed by atoms with Crippen molar-refractivity contribution >= 4 is 9.84 Å². The molecule has 0 radical (unpaired) electrons. The number of nitrogens with one attached hydrogen (secondary N) is 1. The Kier molecular flexibility index (Phi) is 5.93. The molecule has 0 saturated heterocycles. The second kappa shape index (κ2) is 6.74. The normalized spacial score (nSPS) is 30.4. The molecule has 1 aliphatic rings. The van der Waals surface area contributed by atoms with Gasteiger partial charge in [0.2, 0.25) is 0 Å². The van der Waals surface area contributed by atoms with E-state index in [1.807, 2.05) is 0 Å². The molecule has 1 saturated carbocycles. The first-order valence-corrected chi connectivity index (χ1v) is 8.74. The van der Waals surface area contributed by atoms with Crippen molar-refractivity contribution < 1.29 is 8.42 Å². The zero-order valence-corrected chi connectivity index (χ0v) is 12.2. The molecule has 1 rings (SSSR count). The largest absolute Gasteiger partial charge is 0.314 e. The van der Waals surface area contributed by atoms with Crippen LogP contribution in [0.15, 0.2) is 0 Å². The Bertz CT molecular complexity index is 313. The van der Waals surface area contributed by atoms with Crippen LogP contribution in [0.5, 0.6) is 0 Å². The fraction of sp³-hybridized carbons (Fsp3) is 1.00. The lowest BCUT2D eigenvalue weighted by atomic mass is 9.77. The number of rotatable bonds is 6. The lowest BCUT2D eigenvalue weighted by Crippen LogP contribution is -2.41. The molecule has 3 atom stereocenters. The molecule has 0 aliphatic heterocycles. The van der Waals surface area contributed by atoms with Gasteiger partial charge in [0.25, 0.3) is 0 Å². The first kappa shape index (κ1) is 15.0. The quantitative estimate of drug-likeness (QED) is 0.797. The van der Waals surface area contributed by atoms with Crippen LogP contribution >= 0.6 is 0 Å². The average Bonchev–Trinajstić information content (AvgIpc) is 2.30. The van der Waals surface area contributed by atoms with E-state index in [4.69, 9.17) is 0 Å². The molecule has 4 heteroatoms. The van der Waals surface area contributed by atoms with Crippen LogP contribution in [0, 0.1) is 11.8 Å². The monoisotopic (exact) mass is 261 g/mol. The summed E-state index contributed by atoms with van der Waals surface area (Å²) < 4.78 is 23.1. The third-order valence-electron chi connectivity index (χ3n) is 3.95. The molecule has 0 aromatic carbocycles. The van der Waals surface area contributed by atoms with E-state index in [2.05, 4.69) is 19.2 Å². The Balaban J connectivity index is 2.52. The van der Waals surface area contributed by atoms with E-state index in [0.717, 1.165) is 18.9 Å². The highest BCUT2D eigenvalue weighted by Crippen LogP contribution is 2.31. The summed E-state index contributed by atoms with van der Waals surface area (Å²) in [4.78, 5) is 0. The molecule has 1 fully saturated rings. The fourth-order valence-corrected chi connectivity index (χ4v) is 3.77. The molecule has 3 unspecified atom stereocenters. The van der Waals surface area contributed by atoms with E-state index in [9.17, 15) is 8.42 Å². The van der Waals surface area contributed by atoms with Gasteiger partial charge >= 0.3 is 0 Å². The minimum Gasteiger partial charge on any atom is -0.314 e. The van der Waals surface area contributed by atoms with Crippen LogP contribution in [0.3, 0.4) is 0 Å². The zero-order valence-electron chi connectivity index (χ0n) is 11.4. The Hall–Kier alpha value is -0.0900. The SMILES string of the molecule is CCNC1CCC(C)CC1CCS(=O)(=O)CC. The Morgan fingerprint density at radius 3 is 2.53 bits per heavy atom. The van der Waals surface area contributed by atoms with Crippen LogP contribution in [0.2, 0.25) is 0 Å². The van der Waals surface area contributed by atoms with Crippen LogP contribution in [-0.4, -0.2) is 32.5 Å². The van der Waals surface area contributed by atoms with Gasteiger partial charge in [-0.15, -0.1) is 0 Å². The smallest absolute Gasteiger partial charge is 0.150 e. The van der Waals surface area contributed by atoms with E-state index in [-0.39, 0.29) is 5.75 Å². The number of sulfone groups is 1. The second-order valence-corrected chi connectivity index (χ2v) is 7.84. The molecule has 3 nitrogen and oxygen atoms in total. The maximum absolute atomic E-state index is 11.6. The number of hydrogen-bond donors (Lipinski definition) is 1. The van der Waals surface area contributed by atoms with Gasteiger partial charge in [0.15, 0.2) is 0 Å². The van der Waals surface area contributed by atoms with Crippen LogP contribution in [0.1, 0.15) is 46.5 Å². The van der Waals surface area contributed by atoms with Gasteiger partial charge in [-0.1, -0.05) is 20.8 Å². The van der Waals surface area contributed by atoms with E-state index in [0.29, 0.717) is 17.7 Å². The lowest BCUT2D eigenvalue weighted by Gasteiger charge is -2.35. The third-order valence-corrected chi connectivity index (χ3v) is 5.69. The van der Waals surface area contributed by atoms with Gasteiger partial charge < -0.3 is 5.32 Å². The van der Waals surface area contributed by atoms with Crippen LogP contribution < -0.4 is 5.32 Å². The van der Waals surface area contributed by atoms with E-state index in [1.165, 1.54) is 19.3 Å². The van der Waals surface area contributed by atoms with Crippen molar-refractivity contribution in [2.75, 3.05) is 18.1 Å². The highest BCUT2D eigenvalue weighted by atomic mass is 32.2. The summed E-state index contributed by atoms with van der Waals surface area (Å²) in [5.74, 6) is 1.93. The summed E-state index contributed by atoms with van der Waals surface area (Å²) in [7, 11) is -2.80. The maximum Gasteiger partial charge on any atom is 0.150 e. The molecule has 17 heavy (non-hydrogen) atoms. The average molecular weight is 261 g/mol. The van der Waals surface area contributed by atoms with Crippen molar-refractivity contribution in [1.82, 2.24) is 5.32 Å². The number of hydrogen-bond acceptors (Lipinski definition) is 3. The summed E-state index contributed by atoms with van der Waals surface area (Å²) >= 11 is 0. The highest BCUT2D eigenvalue weighted by Gasteiger charge is 2.28. The van der Waals surface area contributed by atoms with Gasteiger partial charge in [-0.2, -0.15) is 0 Å². The molecule has 0 amide bonds. The van der Waals surface area contributed by atoms with Gasteiger partial charge in [-0.3, -0.25) is 0 Å². The molecule has 0 aromatic heterocycles. The van der Waals surface area contributed by atoms with Gasteiger partial charge in [0.05, 0.1) is 5.75 Å². The van der Waals surface area contributed by atoms with Gasteiger partial charge in [-0.25, -0.2) is 8.42 Å². The summed E-state index contributed by atoms with van der Waals surface area (Å²) in [5.41, 5.74) is 0. The van der Waals surface area contributed by atoms with Gasteiger partial charge in [0.1, 0.15) is 9.84 Å². The van der Waals surface area contributed by atoms with E-state index in [1.54, 1.807) is 6.92 Å². The molecule has 0 spiro atoms. The molecule has 0 aromatic rings. The van der Waals surface area contributed by atoms with Gasteiger partial charge in [0, 0.05) is 11.8 Å². The molecule has 102 valence electrons. The molecular formula is C13H27NO2S. The standard InChI is InChI=1S/C13H27NO2S/c1-4-14-13-7-6-11(3)10-12(13)8-9-17(15,16)5-2/h11-14H,4-10H2,1-3H3. The highest BCUT2D eigenvalue weighted by molar-refractivity contribution is 7.91.